The maximum Gasteiger partial charge on any atom is 0.251 e. The van der Waals surface area contributed by atoms with Gasteiger partial charge in [-0.2, -0.15) is 0 Å². The first-order chi connectivity index (χ1) is 22.5. The number of amides is 1. The number of hydrogen-bond donors (Lipinski definition) is 2. The highest BCUT2D eigenvalue weighted by atomic mass is 16.4. The summed E-state index contributed by atoms with van der Waals surface area (Å²) in [6.45, 7) is 13.1. The number of hydrogen-bond acceptors (Lipinski definition) is 7. The molecule has 2 aliphatic rings. The summed E-state index contributed by atoms with van der Waals surface area (Å²) >= 11 is 0. The van der Waals surface area contributed by atoms with Gasteiger partial charge >= 0.3 is 0 Å². The predicted molar refractivity (Wildman–Crippen MR) is 182 cm³/mol. The average Bonchev–Trinajstić information content (AvgIpc) is 3.06. The Labute approximate surface area is 273 Å². The van der Waals surface area contributed by atoms with Crippen LogP contribution < -0.4 is 30.7 Å². The minimum Gasteiger partial charge on any atom is -0.545 e. The molecule has 0 unspecified atom stereocenters. The van der Waals surface area contributed by atoms with Crippen molar-refractivity contribution in [1.29, 1.82) is 0 Å². The number of carboxylic acid groups (broad SMARTS) is 1. The first kappa shape index (κ1) is 33.0. The lowest BCUT2D eigenvalue weighted by molar-refractivity contribution is -0.254. The molecule has 244 valence electrons. The summed E-state index contributed by atoms with van der Waals surface area (Å²) in [5.74, 6) is -1.76. The fourth-order valence-corrected chi connectivity index (χ4v) is 6.14. The highest BCUT2D eigenvalue weighted by Crippen LogP contribution is 2.42. The number of nitrogens with zero attached hydrogens (tertiary/aromatic N) is 3. The lowest BCUT2D eigenvalue weighted by atomic mass is 9.89. The number of aromatic carboxylic acids is 1. The van der Waals surface area contributed by atoms with E-state index >= 15 is 0 Å². The van der Waals surface area contributed by atoms with E-state index in [1.165, 1.54) is 18.2 Å². The van der Waals surface area contributed by atoms with E-state index in [0.717, 1.165) is 37.2 Å². The zero-order chi connectivity index (χ0) is 34.0. The van der Waals surface area contributed by atoms with Crippen LogP contribution in [0.5, 0.6) is 5.75 Å². The van der Waals surface area contributed by atoms with Gasteiger partial charge in [-0.3, -0.25) is 9.59 Å². The maximum atomic E-state index is 13.5. The molecule has 2 aromatic carbocycles. The van der Waals surface area contributed by atoms with E-state index < -0.39 is 23.1 Å². The molecule has 10 heteroatoms. The number of pyridine rings is 1. The Balaban J connectivity index is 1.72. The molecule has 0 fully saturated rings. The van der Waals surface area contributed by atoms with Gasteiger partial charge in [-0.05, 0) is 70.5 Å². The smallest absolute Gasteiger partial charge is 0.251 e. The summed E-state index contributed by atoms with van der Waals surface area (Å²) in [7, 11) is 1.69. The van der Waals surface area contributed by atoms with Gasteiger partial charge in [-0.1, -0.05) is 6.07 Å². The molecule has 3 aromatic rings. The number of carbonyl (C=O) groups is 2. The van der Waals surface area contributed by atoms with Crippen LogP contribution in [0.3, 0.4) is 0 Å². The van der Waals surface area contributed by atoms with Crippen LogP contribution in [0.2, 0.25) is 0 Å². The molecule has 5 rings (SSSR count). The second kappa shape index (κ2) is 13.5. The number of rotatable bonds is 10. The Bertz CT molecular complexity index is 2100. The minimum atomic E-state index is -1.38. The van der Waals surface area contributed by atoms with Crippen LogP contribution in [0.25, 0.3) is 33.4 Å². The summed E-state index contributed by atoms with van der Waals surface area (Å²) in [4.78, 5) is 40.4. The third-order valence-electron chi connectivity index (χ3n) is 8.91. The number of aromatic hydroxyl groups is 1. The lowest BCUT2D eigenvalue weighted by Crippen LogP contribution is -2.29. The molecular formula is C37H40N4O6. The van der Waals surface area contributed by atoms with Gasteiger partial charge in [0.1, 0.15) is 24.4 Å². The second-order valence-electron chi connectivity index (χ2n) is 11.4. The number of carboxylic acids is 1. The van der Waals surface area contributed by atoms with E-state index in [2.05, 4.69) is 42.5 Å². The van der Waals surface area contributed by atoms with Crippen LogP contribution in [0.1, 0.15) is 59.8 Å². The van der Waals surface area contributed by atoms with E-state index in [1.54, 1.807) is 24.6 Å². The number of carbonyl (C=O) groups excluding carboxylic acids is 2. The number of nitrogens with one attached hydrogen (secondary N) is 1. The lowest BCUT2D eigenvalue weighted by Gasteiger charge is -2.23. The number of anilines is 1. The van der Waals surface area contributed by atoms with Gasteiger partial charge in [0.15, 0.2) is 5.75 Å². The topological polar surface area (TPSA) is 131 Å². The Morgan fingerprint density at radius 3 is 2.34 bits per heavy atom. The highest BCUT2D eigenvalue weighted by Gasteiger charge is 2.23. The summed E-state index contributed by atoms with van der Waals surface area (Å²) < 4.78 is 10.4. The second-order valence-corrected chi connectivity index (χ2v) is 11.4. The van der Waals surface area contributed by atoms with Crippen molar-refractivity contribution in [1.82, 2.24) is 14.5 Å². The summed E-state index contributed by atoms with van der Waals surface area (Å²) in [5, 5.41) is 27.3. The molecule has 0 saturated carbocycles. The van der Waals surface area contributed by atoms with E-state index in [1.807, 2.05) is 36.4 Å². The highest BCUT2D eigenvalue weighted by molar-refractivity contribution is 6.09. The fraction of sp³-hybridized carbons (Fsp3) is 0.297. The molecule has 0 spiro atoms. The van der Waals surface area contributed by atoms with Gasteiger partial charge in [-0.15, -0.1) is 0 Å². The standard InChI is InChI=1S/C37H40N4O6/c1-7-40(8-2)24-12-15-27-32(19-24)47-33-20-25(41(9-3)10-4)13-16-28(33)34(27)29-18-23(11-14-26(29)37(45)46)36(44)38-21-30-35(43)31(42)17-22(5)39(30)6/h11-20H,7-10,21H2,1-6H3,(H2-,38,43,44,45,46). The Kier molecular flexibility index (Phi) is 9.51. The van der Waals surface area contributed by atoms with Gasteiger partial charge in [-0.25, -0.2) is 4.58 Å². The van der Waals surface area contributed by atoms with Crippen molar-refractivity contribution in [3.05, 3.63) is 98.8 Å². The summed E-state index contributed by atoms with van der Waals surface area (Å²) in [5.41, 5.74) is 3.60. The third-order valence-corrected chi connectivity index (χ3v) is 8.91. The molecule has 10 nitrogen and oxygen atoms in total. The normalized spacial score (nSPS) is 11.2. The summed E-state index contributed by atoms with van der Waals surface area (Å²) in [6.07, 6.45) is 0. The van der Waals surface area contributed by atoms with E-state index in [-0.39, 0.29) is 23.4 Å². The first-order valence-electron chi connectivity index (χ1n) is 15.9. The SMILES string of the molecule is CCN(CC)c1ccc2c(-c3cc(C(=O)NCc4c(O)c(=O)cc(C)n4C)ccc3C(=O)[O-])c3ccc(=[N+](CC)CC)cc-3oc2c1. The molecule has 1 aliphatic carbocycles. The maximum absolute atomic E-state index is 13.5. The zero-order valence-electron chi connectivity index (χ0n) is 27.6. The van der Waals surface area contributed by atoms with Gasteiger partial charge in [0.25, 0.3) is 5.91 Å². The van der Waals surface area contributed by atoms with Crippen LogP contribution >= 0.6 is 0 Å². The van der Waals surface area contributed by atoms with Crippen molar-refractivity contribution in [2.24, 2.45) is 7.05 Å². The van der Waals surface area contributed by atoms with Crippen molar-refractivity contribution in [2.45, 2.75) is 41.2 Å². The van der Waals surface area contributed by atoms with Crippen LogP contribution in [-0.2, 0) is 13.6 Å². The van der Waals surface area contributed by atoms with Crippen molar-refractivity contribution in [3.8, 4) is 28.2 Å². The number of benzene rings is 3. The summed E-state index contributed by atoms with van der Waals surface area (Å²) in [6, 6.07) is 17.4. The molecule has 0 saturated heterocycles. The molecule has 1 amide bonds. The van der Waals surface area contributed by atoms with Crippen molar-refractivity contribution in [2.75, 3.05) is 31.1 Å². The number of aryl methyl sites for hydroxylation is 1. The molecular weight excluding hydrogens is 596 g/mol. The average molecular weight is 637 g/mol. The zero-order valence-corrected chi connectivity index (χ0v) is 27.6. The molecule has 47 heavy (non-hydrogen) atoms. The van der Waals surface area contributed by atoms with E-state index in [0.29, 0.717) is 39.1 Å². The molecule has 2 heterocycles. The predicted octanol–water partition coefficient (Wildman–Crippen LogP) is 3.87. The minimum absolute atomic E-state index is 0.0743. The number of fused-ring (bicyclic) bond motifs is 2. The van der Waals surface area contributed by atoms with Gasteiger partial charge < -0.3 is 34.2 Å². The van der Waals surface area contributed by atoms with Crippen LogP contribution in [0, 0.1) is 6.92 Å². The molecule has 0 atom stereocenters. The van der Waals surface area contributed by atoms with Crippen molar-refractivity contribution >= 4 is 28.5 Å². The van der Waals surface area contributed by atoms with Gasteiger partial charge in [0.2, 0.25) is 10.8 Å². The molecule has 0 radical (unpaired) electrons. The Morgan fingerprint density at radius 2 is 1.68 bits per heavy atom. The first-order valence-corrected chi connectivity index (χ1v) is 15.9. The third kappa shape index (κ3) is 6.23. The number of aromatic nitrogens is 1. The Hall–Kier alpha value is -5.38. The van der Waals surface area contributed by atoms with Crippen LogP contribution in [-0.4, -0.2) is 47.7 Å². The van der Waals surface area contributed by atoms with E-state index in [4.69, 9.17) is 4.42 Å². The van der Waals surface area contributed by atoms with Gasteiger partial charge in [0.05, 0.1) is 24.3 Å². The fourth-order valence-electron chi connectivity index (χ4n) is 6.14. The molecule has 1 aromatic heterocycles. The van der Waals surface area contributed by atoms with Gasteiger partial charge in [0, 0.05) is 77.4 Å². The van der Waals surface area contributed by atoms with E-state index in [9.17, 15) is 24.6 Å². The monoisotopic (exact) mass is 636 g/mol. The molecule has 2 N–H and O–H groups in total. The van der Waals surface area contributed by atoms with Crippen molar-refractivity contribution in [3.63, 3.8) is 0 Å². The van der Waals surface area contributed by atoms with Crippen LogP contribution in [0.15, 0.2) is 69.9 Å². The molecule has 0 bridgehead atoms. The molecule has 1 aliphatic heterocycles. The van der Waals surface area contributed by atoms with Crippen molar-refractivity contribution < 1.29 is 24.2 Å². The quantitative estimate of drug-likeness (QED) is 0.176. The van der Waals surface area contributed by atoms with Crippen LogP contribution in [0.4, 0.5) is 5.69 Å². The Morgan fingerprint density at radius 1 is 0.957 bits per heavy atom. The largest absolute Gasteiger partial charge is 0.545 e.